The zero-order chi connectivity index (χ0) is 10.6. The van der Waals surface area contributed by atoms with Gasteiger partial charge >= 0.3 is 0 Å². The van der Waals surface area contributed by atoms with E-state index in [9.17, 15) is 10.1 Å². The number of nitrogens with zero attached hydrogens (tertiary/aromatic N) is 2. The predicted molar refractivity (Wildman–Crippen MR) is 57.2 cm³/mol. The molecule has 1 rings (SSSR count). The summed E-state index contributed by atoms with van der Waals surface area (Å²) in [5.74, 6) is 0. The third kappa shape index (κ3) is 2.92. The number of allylic oxidation sites excluding steroid dienone is 1. The zero-order valence-electron chi connectivity index (χ0n) is 7.61. The second-order valence-electron chi connectivity index (χ2n) is 2.68. The molecule has 1 aromatic heterocycles. The van der Waals surface area contributed by atoms with Gasteiger partial charge in [0.05, 0.1) is 4.92 Å². The Morgan fingerprint density at radius 1 is 1.71 bits per heavy atom. The van der Waals surface area contributed by atoms with Crippen LogP contribution in [0, 0.1) is 10.1 Å². The summed E-state index contributed by atoms with van der Waals surface area (Å²) < 4.78 is 0.810. The molecule has 0 aliphatic heterocycles. The predicted octanol–water partition coefficient (Wildman–Crippen LogP) is 2.87. The maximum Gasteiger partial charge on any atom is 0.246 e. The highest BCUT2D eigenvalue weighted by Gasteiger charge is 2.06. The van der Waals surface area contributed by atoms with Crippen molar-refractivity contribution in [2.24, 2.45) is 0 Å². The standard InChI is InChI=1S/C9H9BrN2O2/c1-2-9(12(13)14)4-7-3-8(10)6-11-5-7/h3-6H,2H2,1H3/b9-4-. The van der Waals surface area contributed by atoms with E-state index in [0.717, 1.165) is 10.0 Å². The fourth-order valence-electron chi connectivity index (χ4n) is 0.983. The molecule has 1 aromatic rings. The molecule has 0 saturated heterocycles. The van der Waals surface area contributed by atoms with E-state index < -0.39 is 0 Å². The quantitative estimate of drug-likeness (QED) is 0.617. The van der Waals surface area contributed by atoms with Crippen LogP contribution in [0.5, 0.6) is 0 Å². The lowest BCUT2D eigenvalue weighted by Gasteiger charge is -1.95. The van der Waals surface area contributed by atoms with E-state index in [1.54, 1.807) is 25.4 Å². The van der Waals surface area contributed by atoms with E-state index in [0.29, 0.717) is 6.42 Å². The summed E-state index contributed by atoms with van der Waals surface area (Å²) in [4.78, 5) is 14.1. The number of hydrogen-bond acceptors (Lipinski definition) is 3. The van der Waals surface area contributed by atoms with Crippen LogP contribution in [0.25, 0.3) is 6.08 Å². The van der Waals surface area contributed by atoms with Gasteiger partial charge in [0.2, 0.25) is 5.70 Å². The van der Waals surface area contributed by atoms with Crippen LogP contribution in [0.2, 0.25) is 0 Å². The molecule has 0 aromatic carbocycles. The Bertz CT molecular complexity index is 377. The first-order valence-electron chi connectivity index (χ1n) is 4.09. The summed E-state index contributed by atoms with van der Waals surface area (Å²) in [7, 11) is 0. The lowest BCUT2D eigenvalue weighted by atomic mass is 10.2. The summed E-state index contributed by atoms with van der Waals surface area (Å²) in [5, 5.41) is 10.5. The summed E-state index contributed by atoms with van der Waals surface area (Å²) in [6.45, 7) is 1.75. The number of aromatic nitrogens is 1. The molecule has 0 atom stereocenters. The molecule has 0 saturated carbocycles. The number of hydrogen-bond donors (Lipinski definition) is 0. The molecule has 4 nitrogen and oxygen atoms in total. The molecular formula is C9H9BrN2O2. The molecule has 74 valence electrons. The number of pyridine rings is 1. The van der Waals surface area contributed by atoms with Gasteiger partial charge in [0.1, 0.15) is 0 Å². The first-order chi connectivity index (χ1) is 6.63. The molecule has 0 amide bonds. The largest absolute Gasteiger partial charge is 0.263 e. The molecule has 1 heterocycles. The fraction of sp³-hybridized carbons (Fsp3) is 0.222. The van der Waals surface area contributed by atoms with Crippen LogP contribution >= 0.6 is 15.9 Å². The van der Waals surface area contributed by atoms with Crippen LogP contribution in [0.4, 0.5) is 0 Å². The highest BCUT2D eigenvalue weighted by molar-refractivity contribution is 9.10. The monoisotopic (exact) mass is 256 g/mol. The van der Waals surface area contributed by atoms with Gasteiger partial charge < -0.3 is 0 Å². The average Bonchev–Trinajstić information content (AvgIpc) is 2.14. The van der Waals surface area contributed by atoms with E-state index in [4.69, 9.17) is 0 Å². The van der Waals surface area contributed by atoms with Gasteiger partial charge in [-0.3, -0.25) is 15.1 Å². The molecule has 0 bridgehead atoms. The van der Waals surface area contributed by atoms with Crippen LogP contribution in [-0.4, -0.2) is 9.91 Å². The Morgan fingerprint density at radius 2 is 2.43 bits per heavy atom. The zero-order valence-corrected chi connectivity index (χ0v) is 9.19. The summed E-state index contributed by atoms with van der Waals surface area (Å²) >= 11 is 3.25. The molecule has 0 N–H and O–H groups in total. The minimum absolute atomic E-state index is 0.185. The summed E-state index contributed by atoms with van der Waals surface area (Å²) in [5.41, 5.74) is 0.915. The molecule has 0 fully saturated rings. The van der Waals surface area contributed by atoms with E-state index in [1.807, 2.05) is 0 Å². The lowest BCUT2D eigenvalue weighted by Crippen LogP contribution is -1.96. The molecule has 0 aliphatic rings. The highest BCUT2D eigenvalue weighted by atomic mass is 79.9. The SMILES string of the molecule is CC/C(=C/c1cncc(Br)c1)[N+](=O)[O-]. The van der Waals surface area contributed by atoms with Gasteiger partial charge in [-0.15, -0.1) is 0 Å². The van der Waals surface area contributed by atoms with Crippen molar-refractivity contribution < 1.29 is 4.92 Å². The van der Waals surface area contributed by atoms with Gasteiger partial charge in [-0.2, -0.15) is 0 Å². The summed E-state index contributed by atoms with van der Waals surface area (Å²) in [6.07, 6.45) is 5.15. The lowest BCUT2D eigenvalue weighted by molar-refractivity contribution is -0.425. The Balaban J connectivity index is 3.00. The molecule has 14 heavy (non-hydrogen) atoms. The minimum atomic E-state index is -0.374. The summed E-state index contributed by atoms with van der Waals surface area (Å²) in [6, 6.07) is 1.78. The van der Waals surface area contributed by atoms with Crippen molar-refractivity contribution in [1.82, 2.24) is 4.98 Å². The first-order valence-corrected chi connectivity index (χ1v) is 4.88. The van der Waals surface area contributed by atoms with Crippen molar-refractivity contribution in [3.05, 3.63) is 44.3 Å². The van der Waals surface area contributed by atoms with Gasteiger partial charge in [0.25, 0.3) is 0 Å². The number of halogens is 1. The van der Waals surface area contributed by atoms with Gasteiger partial charge in [-0.1, -0.05) is 6.92 Å². The van der Waals surface area contributed by atoms with Gasteiger partial charge in [0, 0.05) is 34.9 Å². The molecule has 0 aliphatic carbocycles. The van der Waals surface area contributed by atoms with Crippen LogP contribution in [0.1, 0.15) is 18.9 Å². The first kappa shape index (κ1) is 10.8. The minimum Gasteiger partial charge on any atom is -0.263 e. The van der Waals surface area contributed by atoms with Crippen LogP contribution < -0.4 is 0 Å². The normalized spacial score (nSPS) is 11.4. The number of nitro groups is 1. The van der Waals surface area contributed by atoms with E-state index in [1.165, 1.54) is 6.08 Å². The van der Waals surface area contributed by atoms with Crippen LogP contribution in [-0.2, 0) is 0 Å². The van der Waals surface area contributed by atoms with E-state index in [2.05, 4.69) is 20.9 Å². The highest BCUT2D eigenvalue weighted by Crippen LogP contribution is 2.14. The van der Waals surface area contributed by atoms with Gasteiger partial charge in [-0.05, 0) is 22.0 Å². The smallest absolute Gasteiger partial charge is 0.246 e. The van der Waals surface area contributed by atoms with Crippen molar-refractivity contribution in [2.45, 2.75) is 13.3 Å². The maximum atomic E-state index is 10.5. The second kappa shape index (κ2) is 4.85. The Labute approximate surface area is 89.9 Å². The van der Waals surface area contributed by atoms with Gasteiger partial charge in [0.15, 0.2) is 0 Å². The number of rotatable bonds is 3. The topological polar surface area (TPSA) is 56.0 Å². The maximum absolute atomic E-state index is 10.5. The van der Waals surface area contributed by atoms with Crippen molar-refractivity contribution >= 4 is 22.0 Å². The second-order valence-corrected chi connectivity index (χ2v) is 3.60. The van der Waals surface area contributed by atoms with E-state index in [-0.39, 0.29) is 10.6 Å². The van der Waals surface area contributed by atoms with Crippen LogP contribution in [0.15, 0.2) is 28.6 Å². The van der Waals surface area contributed by atoms with Gasteiger partial charge in [-0.25, -0.2) is 0 Å². The molecular weight excluding hydrogens is 248 g/mol. The Morgan fingerprint density at radius 3 is 2.93 bits per heavy atom. The molecule has 5 heteroatoms. The van der Waals surface area contributed by atoms with E-state index >= 15 is 0 Å². The molecule has 0 radical (unpaired) electrons. The Kier molecular flexibility index (Phi) is 3.76. The molecule has 0 spiro atoms. The average molecular weight is 257 g/mol. The third-order valence-electron chi connectivity index (χ3n) is 1.66. The van der Waals surface area contributed by atoms with Crippen molar-refractivity contribution in [3.8, 4) is 0 Å². The fourth-order valence-corrected chi connectivity index (χ4v) is 1.37. The van der Waals surface area contributed by atoms with Crippen LogP contribution in [0.3, 0.4) is 0 Å². The third-order valence-corrected chi connectivity index (χ3v) is 2.09. The van der Waals surface area contributed by atoms with Crippen molar-refractivity contribution in [1.29, 1.82) is 0 Å². The molecule has 0 unspecified atom stereocenters. The van der Waals surface area contributed by atoms with Crippen molar-refractivity contribution in [3.63, 3.8) is 0 Å². The Hall–Kier alpha value is -1.23. The van der Waals surface area contributed by atoms with Crippen molar-refractivity contribution in [2.75, 3.05) is 0 Å².